The topological polar surface area (TPSA) is 102 Å². The number of aromatic nitrogens is 1. The number of pyridine rings is 1. The maximum absolute atomic E-state index is 11.3. The number of rotatable bonds is 9. The van der Waals surface area contributed by atoms with Crippen molar-refractivity contribution >= 4 is 11.9 Å². The van der Waals surface area contributed by atoms with Gasteiger partial charge >= 0.3 is 0 Å². The lowest BCUT2D eigenvalue weighted by Gasteiger charge is -2.34. The predicted octanol–water partition coefficient (Wildman–Crippen LogP) is 3.33. The molecule has 0 aliphatic carbocycles. The number of ether oxygens (including phenoxy) is 2. The van der Waals surface area contributed by atoms with E-state index in [9.17, 15) is 4.79 Å². The number of guanidine groups is 1. The smallest absolute Gasteiger partial charge is 0.224 e. The third kappa shape index (κ3) is 6.87. The quantitative estimate of drug-likeness (QED) is 0.459. The third-order valence-corrected chi connectivity index (χ3v) is 5.32. The number of carbonyl (C=O) groups is 1. The van der Waals surface area contributed by atoms with Crippen LogP contribution in [0.1, 0.15) is 38.2 Å². The molecular formula is C24H33N5O3. The average Bonchev–Trinajstić information content (AvgIpc) is 2.80. The number of aliphatic imine (C=N–C) groups is 1. The summed E-state index contributed by atoms with van der Waals surface area (Å²) in [5.74, 6) is 2.88. The normalized spacial score (nSPS) is 16.5. The van der Waals surface area contributed by atoms with Crippen molar-refractivity contribution in [2.24, 2.45) is 16.6 Å². The Hall–Kier alpha value is -3.29. The highest BCUT2D eigenvalue weighted by Gasteiger charge is 2.23. The van der Waals surface area contributed by atoms with E-state index in [2.05, 4.69) is 27.1 Å². The van der Waals surface area contributed by atoms with Gasteiger partial charge in [0.25, 0.3) is 0 Å². The van der Waals surface area contributed by atoms with Crippen LogP contribution in [0.5, 0.6) is 17.4 Å². The summed E-state index contributed by atoms with van der Waals surface area (Å²) in [6.45, 7) is 4.96. The van der Waals surface area contributed by atoms with E-state index in [0.29, 0.717) is 31.2 Å². The summed E-state index contributed by atoms with van der Waals surface area (Å²) in [7, 11) is 1.77. The molecule has 1 aromatic heterocycles. The number of nitrogens with two attached hydrogens (primary N) is 1. The van der Waals surface area contributed by atoms with E-state index >= 15 is 0 Å². The highest BCUT2D eigenvalue weighted by Crippen LogP contribution is 2.25. The van der Waals surface area contributed by atoms with Gasteiger partial charge in [0, 0.05) is 44.9 Å². The number of benzene rings is 1. The maximum atomic E-state index is 11.3. The van der Waals surface area contributed by atoms with Crippen molar-refractivity contribution in [3.63, 3.8) is 0 Å². The van der Waals surface area contributed by atoms with Gasteiger partial charge in [0.2, 0.25) is 11.8 Å². The largest absolute Gasteiger partial charge is 0.494 e. The standard InChI is InChI=1S/C24H33N5O3/c1-3-14-31-20-8-10-21(11-9-20)32-23-19(7-4-12-27-23)16-28-24(26-2)29-13-5-6-18(17-29)15-22(25)30/h4,7-12,18H,3,5-6,13-17H2,1-2H3,(H2,25,30)(H,26,28). The molecule has 1 fully saturated rings. The SMILES string of the molecule is CCCOc1ccc(Oc2ncccc2CNC(=NC)N2CCCC(CC(N)=O)C2)cc1. The van der Waals surface area contributed by atoms with Gasteiger partial charge in [0.15, 0.2) is 5.96 Å². The van der Waals surface area contributed by atoms with E-state index in [4.69, 9.17) is 15.2 Å². The number of primary amides is 1. The van der Waals surface area contributed by atoms with E-state index in [1.54, 1.807) is 13.2 Å². The summed E-state index contributed by atoms with van der Waals surface area (Å²) in [5, 5.41) is 3.41. The lowest BCUT2D eigenvalue weighted by molar-refractivity contribution is -0.119. The van der Waals surface area contributed by atoms with Crippen molar-refractivity contribution in [1.29, 1.82) is 0 Å². The molecule has 2 aromatic rings. The van der Waals surface area contributed by atoms with Crippen LogP contribution in [-0.4, -0.2) is 48.5 Å². The van der Waals surface area contributed by atoms with Crippen molar-refractivity contribution in [2.75, 3.05) is 26.7 Å². The van der Waals surface area contributed by atoms with Gasteiger partial charge in [-0.3, -0.25) is 9.79 Å². The van der Waals surface area contributed by atoms with Crippen molar-refractivity contribution in [3.8, 4) is 17.4 Å². The van der Waals surface area contributed by atoms with E-state index in [1.165, 1.54) is 0 Å². The number of hydrogen-bond acceptors (Lipinski definition) is 5. The highest BCUT2D eigenvalue weighted by molar-refractivity contribution is 5.80. The zero-order chi connectivity index (χ0) is 22.8. The molecule has 1 aromatic carbocycles. The Labute approximate surface area is 189 Å². The molecule has 2 heterocycles. The monoisotopic (exact) mass is 439 g/mol. The third-order valence-electron chi connectivity index (χ3n) is 5.32. The molecule has 1 unspecified atom stereocenters. The fourth-order valence-corrected chi connectivity index (χ4v) is 3.80. The number of carbonyl (C=O) groups excluding carboxylic acids is 1. The summed E-state index contributed by atoms with van der Waals surface area (Å²) in [6, 6.07) is 11.4. The minimum Gasteiger partial charge on any atom is -0.494 e. The molecule has 1 atom stereocenters. The molecule has 1 aliphatic heterocycles. The second kappa shape index (κ2) is 11.9. The summed E-state index contributed by atoms with van der Waals surface area (Å²) in [6.07, 6.45) is 5.12. The van der Waals surface area contributed by atoms with Gasteiger partial charge in [0.05, 0.1) is 6.61 Å². The van der Waals surface area contributed by atoms with Gasteiger partial charge in [-0.25, -0.2) is 4.98 Å². The lowest BCUT2D eigenvalue weighted by atomic mass is 9.95. The Kier molecular flexibility index (Phi) is 8.71. The molecule has 3 N–H and O–H groups in total. The molecule has 172 valence electrons. The molecule has 8 nitrogen and oxygen atoms in total. The van der Waals surface area contributed by atoms with Crippen molar-refractivity contribution in [1.82, 2.24) is 15.2 Å². The number of amides is 1. The molecule has 0 bridgehead atoms. The Morgan fingerprint density at radius 3 is 2.78 bits per heavy atom. The molecule has 1 saturated heterocycles. The molecule has 0 radical (unpaired) electrons. The number of piperidine rings is 1. The minimum atomic E-state index is -0.248. The van der Waals surface area contributed by atoms with Crippen LogP contribution in [0.25, 0.3) is 0 Å². The maximum Gasteiger partial charge on any atom is 0.224 e. The van der Waals surface area contributed by atoms with Gasteiger partial charge in [0.1, 0.15) is 11.5 Å². The lowest BCUT2D eigenvalue weighted by Crippen LogP contribution is -2.46. The van der Waals surface area contributed by atoms with Crippen LogP contribution in [0.3, 0.4) is 0 Å². The molecule has 3 rings (SSSR count). The first-order chi connectivity index (χ1) is 15.6. The van der Waals surface area contributed by atoms with Crippen LogP contribution in [0.15, 0.2) is 47.6 Å². The molecule has 0 saturated carbocycles. The van der Waals surface area contributed by atoms with Gasteiger partial charge in [-0.2, -0.15) is 0 Å². The molecule has 0 spiro atoms. The van der Waals surface area contributed by atoms with Crippen LogP contribution in [0.2, 0.25) is 0 Å². The highest BCUT2D eigenvalue weighted by atomic mass is 16.5. The van der Waals surface area contributed by atoms with Crippen LogP contribution in [0.4, 0.5) is 0 Å². The summed E-state index contributed by atoms with van der Waals surface area (Å²) in [5.41, 5.74) is 6.31. The Balaban J connectivity index is 1.61. The fourth-order valence-electron chi connectivity index (χ4n) is 3.80. The molecular weight excluding hydrogens is 406 g/mol. The fraction of sp³-hybridized carbons (Fsp3) is 0.458. The van der Waals surface area contributed by atoms with Crippen molar-refractivity contribution < 1.29 is 14.3 Å². The van der Waals surface area contributed by atoms with Crippen molar-refractivity contribution in [3.05, 3.63) is 48.2 Å². The van der Waals surface area contributed by atoms with Crippen LogP contribution in [-0.2, 0) is 11.3 Å². The van der Waals surface area contributed by atoms with Crippen LogP contribution < -0.4 is 20.5 Å². The summed E-state index contributed by atoms with van der Waals surface area (Å²) < 4.78 is 11.7. The van der Waals surface area contributed by atoms with Gasteiger partial charge in [-0.1, -0.05) is 13.0 Å². The molecule has 1 amide bonds. The summed E-state index contributed by atoms with van der Waals surface area (Å²) in [4.78, 5) is 22.3. The van der Waals surface area contributed by atoms with E-state index in [1.807, 2.05) is 36.4 Å². The summed E-state index contributed by atoms with van der Waals surface area (Å²) >= 11 is 0. The number of hydrogen-bond donors (Lipinski definition) is 2. The van der Waals surface area contributed by atoms with Gasteiger partial charge in [-0.05, 0) is 55.5 Å². The van der Waals surface area contributed by atoms with E-state index in [0.717, 1.165) is 49.6 Å². The molecule has 8 heteroatoms. The minimum absolute atomic E-state index is 0.248. The Bertz CT molecular complexity index is 901. The molecule has 1 aliphatic rings. The van der Waals surface area contributed by atoms with Crippen LogP contribution in [0, 0.1) is 5.92 Å². The predicted molar refractivity (Wildman–Crippen MR) is 125 cm³/mol. The zero-order valence-corrected chi connectivity index (χ0v) is 18.9. The first kappa shape index (κ1) is 23.4. The number of likely N-dealkylation sites (tertiary alicyclic amines) is 1. The Morgan fingerprint density at radius 2 is 2.06 bits per heavy atom. The first-order valence-corrected chi connectivity index (χ1v) is 11.2. The van der Waals surface area contributed by atoms with E-state index < -0.39 is 0 Å². The van der Waals surface area contributed by atoms with Gasteiger partial charge in [-0.15, -0.1) is 0 Å². The number of nitrogens with zero attached hydrogens (tertiary/aromatic N) is 3. The van der Waals surface area contributed by atoms with Crippen LogP contribution >= 0.6 is 0 Å². The Morgan fingerprint density at radius 1 is 1.28 bits per heavy atom. The number of nitrogens with one attached hydrogen (secondary N) is 1. The van der Waals surface area contributed by atoms with Gasteiger partial charge < -0.3 is 25.4 Å². The zero-order valence-electron chi connectivity index (χ0n) is 18.9. The second-order valence-electron chi connectivity index (χ2n) is 7.92. The second-order valence-corrected chi connectivity index (χ2v) is 7.92. The van der Waals surface area contributed by atoms with E-state index in [-0.39, 0.29) is 11.8 Å². The van der Waals surface area contributed by atoms with Crippen molar-refractivity contribution in [2.45, 2.75) is 39.2 Å². The average molecular weight is 440 g/mol. The first-order valence-electron chi connectivity index (χ1n) is 11.2. The molecule has 32 heavy (non-hydrogen) atoms.